The lowest BCUT2D eigenvalue weighted by Crippen LogP contribution is -2.52. The van der Waals surface area contributed by atoms with E-state index >= 15 is 0 Å². The van der Waals surface area contributed by atoms with E-state index in [-0.39, 0.29) is 11.9 Å². The van der Waals surface area contributed by atoms with Crippen LogP contribution in [0.1, 0.15) is 16.7 Å². The van der Waals surface area contributed by atoms with Gasteiger partial charge >= 0.3 is 6.16 Å². The Bertz CT molecular complexity index is 1270. The molecule has 0 atom stereocenters. The van der Waals surface area contributed by atoms with Crippen LogP contribution in [-0.4, -0.2) is 40.3 Å². The van der Waals surface area contributed by atoms with Crippen molar-refractivity contribution in [2.45, 2.75) is 19.1 Å². The third-order valence-electron chi connectivity index (χ3n) is 5.56. The van der Waals surface area contributed by atoms with Crippen LogP contribution in [0.25, 0.3) is 20.8 Å². The standard InChI is InChI=1S/C25H21FN2O3S/c26-21-11-18(13-28-14-19(15-28)31-25(29)30)6-8-20(21)24-27-22-12-17(7-9-23(22)32-24)10-16-4-2-1-3-5-16/h1-9,11-12,19H,10,13-15H2,(H,29,30). The van der Waals surface area contributed by atoms with E-state index in [0.29, 0.717) is 30.2 Å². The molecule has 162 valence electrons. The van der Waals surface area contributed by atoms with Crippen molar-refractivity contribution in [3.05, 3.63) is 89.2 Å². The zero-order valence-electron chi connectivity index (χ0n) is 17.2. The zero-order valence-corrected chi connectivity index (χ0v) is 18.0. The third kappa shape index (κ3) is 4.49. The van der Waals surface area contributed by atoms with Crippen LogP contribution >= 0.6 is 11.3 Å². The van der Waals surface area contributed by atoms with Crippen molar-refractivity contribution in [1.82, 2.24) is 9.88 Å². The van der Waals surface area contributed by atoms with Crippen LogP contribution in [-0.2, 0) is 17.7 Å². The molecule has 4 aromatic rings. The second-order valence-corrected chi connectivity index (χ2v) is 9.03. The van der Waals surface area contributed by atoms with Crippen molar-refractivity contribution >= 4 is 27.7 Å². The number of carbonyl (C=O) groups is 1. The molecule has 32 heavy (non-hydrogen) atoms. The van der Waals surface area contributed by atoms with Crippen LogP contribution in [0.15, 0.2) is 66.7 Å². The molecule has 1 saturated heterocycles. The molecule has 1 aromatic heterocycles. The van der Waals surface area contributed by atoms with Gasteiger partial charge in [0, 0.05) is 25.2 Å². The van der Waals surface area contributed by atoms with Crippen molar-refractivity contribution < 1.29 is 19.0 Å². The molecule has 0 spiro atoms. The molecule has 1 aliphatic rings. The van der Waals surface area contributed by atoms with Gasteiger partial charge in [-0.05, 0) is 47.4 Å². The summed E-state index contributed by atoms with van der Waals surface area (Å²) in [5.74, 6) is -0.301. The van der Waals surface area contributed by atoms with Crippen molar-refractivity contribution in [3.63, 3.8) is 0 Å². The molecular formula is C25H21FN2O3S. The molecule has 1 N–H and O–H groups in total. The normalized spacial score (nSPS) is 14.4. The minimum atomic E-state index is -1.26. The number of hydrogen-bond acceptors (Lipinski definition) is 5. The van der Waals surface area contributed by atoms with Gasteiger partial charge in [-0.25, -0.2) is 14.2 Å². The maximum Gasteiger partial charge on any atom is 0.506 e. The SMILES string of the molecule is O=C(O)OC1CN(Cc2ccc(-c3nc4cc(Cc5ccccc5)ccc4s3)c(F)c2)C1. The van der Waals surface area contributed by atoms with Gasteiger partial charge in [0.2, 0.25) is 0 Å². The first-order valence-corrected chi connectivity index (χ1v) is 11.2. The smallest absolute Gasteiger partial charge is 0.450 e. The highest BCUT2D eigenvalue weighted by molar-refractivity contribution is 7.21. The maximum absolute atomic E-state index is 14.9. The minimum absolute atomic E-state index is 0.300. The summed E-state index contributed by atoms with van der Waals surface area (Å²) < 4.78 is 20.6. The lowest BCUT2D eigenvalue weighted by Gasteiger charge is -2.37. The number of fused-ring (bicyclic) bond motifs is 1. The summed E-state index contributed by atoms with van der Waals surface area (Å²) in [5.41, 5.74) is 4.64. The summed E-state index contributed by atoms with van der Waals surface area (Å²) in [4.78, 5) is 17.3. The van der Waals surface area contributed by atoms with E-state index in [1.54, 1.807) is 6.07 Å². The molecule has 0 unspecified atom stereocenters. The number of nitrogens with zero attached hydrogens (tertiary/aromatic N) is 2. The molecule has 0 amide bonds. The number of likely N-dealkylation sites (tertiary alicyclic amines) is 1. The first-order valence-electron chi connectivity index (χ1n) is 10.4. The summed E-state index contributed by atoms with van der Waals surface area (Å²) >= 11 is 1.49. The monoisotopic (exact) mass is 448 g/mol. The van der Waals surface area contributed by atoms with Crippen molar-refractivity contribution in [2.24, 2.45) is 0 Å². The number of halogens is 1. The molecular weight excluding hydrogens is 427 g/mol. The van der Waals surface area contributed by atoms with Crippen molar-refractivity contribution in [3.8, 4) is 10.6 Å². The van der Waals surface area contributed by atoms with Gasteiger partial charge in [0.15, 0.2) is 0 Å². The Morgan fingerprint density at radius 2 is 1.84 bits per heavy atom. The zero-order chi connectivity index (χ0) is 22.1. The van der Waals surface area contributed by atoms with Crippen LogP contribution in [0.5, 0.6) is 0 Å². The van der Waals surface area contributed by atoms with Crippen LogP contribution < -0.4 is 0 Å². The summed E-state index contributed by atoms with van der Waals surface area (Å²) in [6.45, 7) is 1.61. The molecule has 1 fully saturated rings. The van der Waals surface area contributed by atoms with E-state index in [2.05, 4.69) is 30.3 Å². The number of hydrogen-bond donors (Lipinski definition) is 1. The van der Waals surface area contributed by atoms with Crippen molar-refractivity contribution in [2.75, 3.05) is 13.1 Å². The lowest BCUT2D eigenvalue weighted by molar-refractivity contribution is -0.0363. The quantitative estimate of drug-likeness (QED) is 0.391. The van der Waals surface area contributed by atoms with Crippen molar-refractivity contribution in [1.29, 1.82) is 0 Å². The largest absolute Gasteiger partial charge is 0.506 e. The lowest BCUT2D eigenvalue weighted by atomic mass is 10.0. The number of carboxylic acid groups (broad SMARTS) is 1. The van der Waals surface area contributed by atoms with Crippen LogP contribution in [0.3, 0.4) is 0 Å². The molecule has 0 radical (unpaired) electrons. The predicted molar refractivity (Wildman–Crippen MR) is 122 cm³/mol. The first kappa shape index (κ1) is 20.6. The molecule has 7 heteroatoms. The van der Waals surface area contributed by atoms with E-state index in [1.165, 1.54) is 28.5 Å². The highest BCUT2D eigenvalue weighted by Crippen LogP contribution is 2.33. The summed E-state index contributed by atoms with van der Waals surface area (Å²) in [6, 6.07) is 21.7. The van der Waals surface area contributed by atoms with E-state index in [4.69, 9.17) is 14.8 Å². The van der Waals surface area contributed by atoms with Crippen LogP contribution in [0.2, 0.25) is 0 Å². The topological polar surface area (TPSA) is 62.7 Å². The number of thiazole rings is 1. The Labute approximate surface area is 188 Å². The Kier molecular flexibility index (Phi) is 5.59. The van der Waals surface area contributed by atoms with E-state index in [1.807, 2.05) is 29.2 Å². The van der Waals surface area contributed by atoms with Crippen LogP contribution in [0, 0.1) is 5.82 Å². The summed E-state index contributed by atoms with van der Waals surface area (Å²) in [5, 5.41) is 9.31. The van der Waals surface area contributed by atoms with Gasteiger partial charge in [0.1, 0.15) is 16.9 Å². The second-order valence-electron chi connectivity index (χ2n) is 8.00. The Balaban J connectivity index is 1.30. The number of benzene rings is 3. The highest BCUT2D eigenvalue weighted by Gasteiger charge is 2.29. The highest BCUT2D eigenvalue weighted by atomic mass is 32.1. The Morgan fingerprint density at radius 3 is 2.59 bits per heavy atom. The molecule has 0 saturated carbocycles. The summed E-state index contributed by atoms with van der Waals surface area (Å²) in [6.07, 6.45) is -0.721. The average Bonchev–Trinajstić information content (AvgIpc) is 3.16. The van der Waals surface area contributed by atoms with Gasteiger partial charge in [-0.15, -0.1) is 11.3 Å². The van der Waals surface area contributed by atoms with Gasteiger partial charge < -0.3 is 9.84 Å². The predicted octanol–water partition coefficient (Wildman–Crippen LogP) is 5.57. The van der Waals surface area contributed by atoms with Gasteiger partial charge in [0.05, 0.1) is 10.2 Å². The van der Waals surface area contributed by atoms with E-state index in [0.717, 1.165) is 22.2 Å². The fourth-order valence-corrected chi connectivity index (χ4v) is 4.96. The number of ether oxygens (including phenoxy) is 1. The molecule has 5 rings (SSSR count). The number of aromatic nitrogens is 1. The van der Waals surface area contributed by atoms with Gasteiger partial charge in [-0.3, -0.25) is 4.90 Å². The minimum Gasteiger partial charge on any atom is -0.450 e. The van der Waals surface area contributed by atoms with E-state index in [9.17, 15) is 9.18 Å². The first-order chi connectivity index (χ1) is 15.5. The van der Waals surface area contributed by atoms with Gasteiger partial charge in [0.25, 0.3) is 0 Å². The maximum atomic E-state index is 14.9. The number of rotatable bonds is 6. The Morgan fingerprint density at radius 1 is 1.06 bits per heavy atom. The molecule has 5 nitrogen and oxygen atoms in total. The molecule has 3 aromatic carbocycles. The van der Waals surface area contributed by atoms with E-state index < -0.39 is 6.16 Å². The molecule has 0 bridgehead atoms. The molecule has 0 aliphatic carbocycles. The fraction of sp³-hybridized carbons (Fsp3) is 0.200. The Hall–Kier alpha value is -3.29. The summed E-state index contributed by atoms with van der Waals surface area (Å²) in [7, 11) is 0. The molecule has 1 aliphatic heterocycles. The second kappa shape index (κ2) is 8.68. The molecule has 2 heterocycles. The third-order valence-corrected chi connectivity index (χ3v) is 6.63. The average molecular weight is 449 g/mol. The van der Waals surface area contributed by atoms with Crippen LogP contribution in [0.4, 0.5) is 9.18 Å². The fourth-order valence-electron chi connectivity index (χ4n) is 3.99. The van der Waals surface area contributed by atoms with Gasteiger partial charge in [-0.2, -0.15) is 0 Å². The van der Waals surface area contributed by atoms with Gasteiger partial charge in [-0.1, -0.05) is 42.5 Å².